The average Bonchev–Trinajstić information content (AvgIpc) is 3.16. The van der Waals surface area contributed by atoms with Crippen LogP contribution >= 0.6 is 0 Å². The number of hydrogen-bond donors (Lipinski definition) is 0. The van der Waals surface area contributed by atoms with Gasteiger partial charge in [0.25, 0.3) is 0 Å². The molecule has 3 rings (SSSR count). The van der Waals surface area contributed by atoms with Gasteiger partial charge in [-0.3, -0.25) is 9.78 Å². The summed E-state index contributed by atoms with van der Waals surface area (Å²) in [6.07, 6.45) is 9.17. The van der Waals surface area contributed by atoms with Crippen LogP contribution in [-0.4, -0.2) is 43.4 Å². The highest BCUT2D eigenvalue weighted by molar-refractivity contribution is 5.78. The van der Waals surface area contributed by atoms with Crippen LogP contribution in [0.5, 0.6) is 0 Å². The molecule has 0 bridgehead atoms. The van der Waals surface area contributed by atoms with E-state index < -0.39 is 0 Å². The maximum absolute atomic E-state index is 12.0. The molecule has 2 aromatic rings. The van der Waals surface area contributed by atoms with Gasteiger partial charge in [0, 0.05) is 44.6 Å². The van der Waals surface area contributed by atoms with Gasteiger partial charge >= 0.3 is 0 Å². The van der Waals surface area contributed by atoms with Gasteiger partial charge in [0.2, 0.25) is 5.91 Å². The minimum atomic E-state index is 0.0746. The van der Waals surface area contributed by atoms with E-state index in [-0.39, 0.29) is 11.8 Å². The minimum absolute atomic E-state index is 0.0746. The van der Waals surface area contributed by atoms with Crippen LogP contribution in [0.25, 0.3) is 11.5 Å². The predicted octanol–water partition coefficient (Wildman–Crippen LogP) is 1.92. The van der Waals surface area contributed by atoms with Crippen LogP contribution in [0.3, 0.4) is 0 Å². The Balaban J connectivity index is 1.61. The fourth-order valence-corrected chi connectivity index (χ4v) is 3.05. The van der Waals surface area contributed by atoms with E-state index in [0.29, 0.717) is 5.92 Å². The number of carbonyl (C=O) groups is 1. The number of aryl methyl sites for hydroxylation is 1. The van der Waals surface area contributed by atoms with Crippen LogP contribution in [0.2, 0.25) is 0 Å². The fourth-order valence-electron chi connectivity index (χ4n) is 3.05. The first-order chi connectivity index (χ1) is 11.0. The molecule has 1 amide bonds. The second-order valence-electron chi connectivity index (χ2n) is 6.55. The van der Waals surface area contributed by atoms with Gasteiger partial charge < -0.3 is 9.47 Å². The van der Waals surface area contributed by atoms with Crippen molar-refractivity contribution in [1.82, 2.24) is 24.4 Å². The molecular formula is C17H23N5O. The quantitative estimate of drug-likeness (QED) is 0.865. The third-order valence-corrected chi connectivity index (χ3v) is 4.34. The number of carbonyl (C=O) groups excluding carboxylic acids is 1. The second-order valence-corrected chi connectivity index (χ2v) is 6.55. The standard InChI is InChI=1S/C17H23N5O/c1-12(2)17(23)22-6-4-13(11-22)8-14-9-20-15(10-19-14)16-18-5-7-21(16)3/h5,7,9-10,12-13H,4,6,8,11H2,1-3H3. The lowest BCUT2D eigenvalue weighted by Crippen LogP contribution is -2.32. The summed E-state index contributed by atoms with van der Waals surface area (Å²) >= 11 is 0. The van der Waals surface area contributed by atoms with Crippen LogP contribution in [0.15, 0.2) is 24.8 Å². The van der Waals surface area contributed by atoms with Crippen LogP contribution in [0.1, 0.15) is 26.0 Å². The van der Waals surface area contributed by atoms with Crippen molar-refractivity contribution in [1.29, 1.82) is 0 Å². The number of rotatable bonds is 4. The lowest BCUT2D eigenvalue weighted by Gasteiger charge is -2.18. The molecule has 122 valence electrons. The molecule has 1 unspecified atom stereocenters. The zero-order chi connectivity index (χ0) is 16.4. The predicted molar refractivity (Wildman–Crippen MR) is 87.5 cm³/mol. The van der Waals surface area contributed by atoms with Crippen LogP contribution < -0.4 is 0 Å². The topological polar surface area (TPSA) is 63.9 Å². The molecule has 6 nitrogen and oxygen atoms in total. The molecule has 0 radical (unpaired) electrons. The van der Waals surface area contributed by atoms with Crippen molar-refractivity contribution >= 4 is 5.91 Å². The van der Waals surface area contributed by atoms with E-state index in [4.69, 9.17) is 0 Å². The summed E-state index contributed by atoms with van der Waals surface area (Å²) in [5.74, 6) is 1.62. The summed E-state index contributed by atoms with van der Waals surface area (Å²) in [5, 5.41) is 0. The molecule has 23 heavy (non-hydrogen) atoms. The summed E-state index contributed by atoms with van der Waals surface area (Å²) in [5.41, 5.74) is 1.76. The van der Waals surface area contributed by atoms with Gasteiger partial charge in [-0.15, -0.1) is 0 Å². The van der Waals surface area contributed by atoms with Gasteiger partial charge in [-0.25, -0.2) is 9.97 Å². The highest BCUT2D eigenvalue weighted by atomic mass is 16.2. The van der Waals surface area contributed by atoms with E-state index in [9.17, 15) is 4.79 Å². The molecule has 1 aliphatic heterocycles. The summed E-state index contributed by atoms with van der Waals surface area (Å²) in [4.78, 5) is 27.3. The Morgan fingerprint density at radius 1 is 1.30 bits per heavy atom. The summed E-state index contributed by atoms with van der Waals surface area (Å²) in [6, 6.07) is 0. The summed E-state index contributed by atoms with van der Waals surface area (Å²) < 4.78 is 1.93. The van der Waals surface area contributed by atoms with E-state index in [1.807, 2.05) is 42.8 Å². The molecule has 0 aliphatic carbocycles. The smallest absolute Gasteiger partial charge is 0.225 e. The van der Waals surface area contributed by atoms with Crippen molar-refractivity contribution in [3.05, 3.63) is 30.5 Å². The Morgan fingerprint density at radius 3 is 2.74 bits per heavy atom. The van der Waals surface area contributed by atoms with Crippen LogP contribution in [0.4, 0.5) is 0 Å². The number of imidazole rings is 1. The van der Waals surface area contributed by atoms with Crippen LogP contribution in [-0.2, 0) is 18.3 Å². The number of nitrogens with zero attached hydrogens (tertiary/aromatic N) is 5. The van der Waals surface area contributed by atoms with E-state index in [1.165, 1.54) is 0 Å². The molecule has 0 saturated carbocycles. The molecule has 1 atom stereocenters. The molecule has 3 heterocycles. The number of likely N-dealkylation sites (tertiary alicyclic amines) is 1. The maximum atomic E-state index is 12.0. The fraction of sp³-hybridized carbons (Fsp3) is 0.529. The molecule has 1 saturated heterocycles. The zero-order valence-electron chi connectivity index (χ0n) is 13.9. The minimum Gasteiger partial charge on any atom is -0.342 e. The molecule has 2 aromatic heterocycles. The molecular weight excluding hydrogens is 290 g/mol. The van der Waals surface area contributed by atoms with Crippen molar-refractivity contribution < 1.29 is 4.79 Å². The van der Waals surface area contributed by atoms with Crippen molar-refractivity contribution in [2.45, 2.75) is 26.7 Å². The molecule has 1 aliphatic rings. The Morgan fingerprint density at radius 2 is 2.13 bits per heavy atom. The maximum Gasteiger partial charge on any atom is 0.225 e. The third kappa shape index (κ3) is 3.41. The molecule has 0 N–H and O–H groups in total. The van der Waals surface area contributed by atoms with E-state index >= 15 is 0 Å². The van der Waals surface area contributed by atoms with Crippen molar-refractivity contribution in [2.75, 3.05) is 13.1 Å². The highest BCUT2D eigenvalue weighted by Gasteiger charge is 2.27. The highest BCUT2D eigenvalue weighted by Crippen LogP contribution is 2.22. The van der Waals surface area contributed by atoms with Crippen molar-refractivity contribution in [3.63, 3.8) is 0 Å². The first kappa shape index (κ1) is 15.6. The monoisotopic (exact) mass is 313 g/mol. The Bertz CT molecular complexity index is 677. The largest absolute Gasteiger partial charge is 0.342 e. The van der Waals surface area contributed by atoms with Gasteiger partial charge in [-0.2, -0.15) is 0 Å². The Labute approximate surface area is 136 Å². The molecule has 6 heteroatoms. The van der Waals surface area contributed by atoms with Gasteiger partial charge in [0.05, 0.1) is 11.9 Å². The van der Waals surface area contributed by atoms with Crippen LogP contribution in [0, 0.1) is 11.8 Å². The summed E-state index contributed by atoms with van der Waals surface area (Å²) in [7, 11) is 1.94. The van der Waals surface area contributed by atoms with Crippen molar-refractivity contribution in [3.8, 4) is 11.5 Å². The summed E-state index contributed by atoms with van der Waals surface area (Å²) in [6.45, 7) is 5.61. The van der Waals surface area contributed by atoms with Gasteiger partial charge in [0.15, 0.2) is 5.82 Å². The Kier molecular flexibility index (Phi) is 4.41. The number of hydrogen-bond acceptors (Lipinski definition) is 4. The lowest BCUT2D eigenvalue weighted by molar-refractivity contribution is -0.133. The molecule has 0 aromatic carbocycles. The molecule has 0 spiro atoms. The molecule has 1 fully saturated rings. The van der Waals surface area contributed by atoms with Gasteiger partial charge in [0.1, 0.15) is 5.69 Å². The third-order valence-electron chi connectivity index (χ3n) is 4.34. The van der Waals surface area contributed by atoms with Gasteiger partial charge in [-0.05, 0) is 18.8 Å². The van der Waals surface area contributed by atoms with E-state index in [1.54, 1.807) is 12.4 Å². The first-order valence-corrected chi connectivity index (χ1v) is 8.12. The van der Waals surface area contributed by atoms with E-state index in [2.05, 4.69) is 15.0 Å². The van der Waals surface area contributed by atoms with Crippen molar-refractivity contribution in [2.24, 2.45) is 18.9 Å². The average molecular weight is 313 g/mol. The number of aromatic nitrogens is 4. The second kappa shape index (κ2) is 6.48. The SMILES string of the molecule is CC(C)C(=O)N1CCC(Cc2cnc(-c3nccn3C)cn2)C1. The number of amides is 1. The van der Waals surface area contributed by atoms with E-state index in [0.717, 1.165) is 43.1 Å². The normalized spacial score (nSPS) is 17.9. The zero-order valence-corrected chi connectivity index (χ0v) is 13.9. The first-order valence-electron chi connectivity index (χ1n) is 8.12. The lowest BCUT2D eigenvalue weighted by atomic mass is 10.0. The van der Waals surface area contributed by atoms with Gasteiger partial charge in [-0.1, -0.05) is 13.8 Å². The Hall–Kier alpha value is -2.24.